The van der Waals surface area contributed by atoms with Gasteiger partial charge in [-0.25, -0.2) is 8.42 Å². The molecule has 2 aromatic rings. The molecule has 0 unspecified atom stereocenters. The van der Waals surface area contributed by atoms with E-state index in [0.29, 0.717) is 11.1 Å². The van der Waals surface area contributed by atoms with E-state index < -0.39 is 26.3 Å². The fourth-order valence-corrected chi connectivity index (χ4v) is 3.96. The smallest absolute Gasteiger partial charge is 0.269 e. The van der Waals surface area contributed by atoms with E-state index in [4.69, 9.17) is 4.74 Å². The normalized spacial score (nSPS) is 20.5. The zero-order valence-electron chi connectivity index (χ0n) is 11.5. The third-order valence-corrected chi connectivity index (χ3v) is 5.23. The highest BCUT2D eigenvalue weighted by atomic mass is 32.2. The summed E-state index contributed by atoms with van der Waals surface area (Å²) < 4.78 is 29.9. The summed E-state index contributed by atoms with van der Waals surface area (Å²) in [7, 11) is -3.46. The number of nitro groups is 1. The molecular weight excluding hydrogens is 306 g/mol. The summed E-state index contributed by atoms with van der Waals surface area (Å²) >= 11 is 0. The molecule has 2 aromatic carbocycles. The minimum absolute atomic E-state index is 0.0767. The molecule has 0 bridgehead atoms. The summed E-state index contributed by atoms with van der Waals surface area (Å²) in [4.78, 5) is 10.2. The van der Waals surface area contributed by atoms with Crippen molar-refractivity contribution in [2.75, 3.05) is 0 Å². The van der Waals surface area contributed by atoms with Crippen LogP contribution in [0.4, 0.5) is 5.69 Å². The van der Waals surface area contributed by atoms with Crippen LogP contribution in [0, 0.1) is 10.1 Å². The van der Waals surface area contributed by atoms with Gasteiger partial charge in [-0.1, -0.05) is 42.5 Å². The summed E-state index contributed by atoms with van der Waals surface area (Å²) in [5, 5.41) is 10.8. The van der Waals surface area contributed by atoms with E-state index >= 15 is 0 Å². The van der Waals surface area contributed by atoms with Gasteiger partial charge in [-0.2, -0.15) is 0 Å². The number of non-ortho nitro benzene ring substituents is 1. The molecular formula is C15H13NO5S. The van der Waals surface area contributed by atoms with Gasteiger partial charge in [0.05, 0.1) is 10.7 Å². The van der Waals surface area contributed by atoms with Gasteiger partial charge in [-0.15, -0.1) is 0 Å². The van der Waals surface area contributed by atoms with Gasteiger partial charge < -0.3 is 4.74 Å². The average Bonchev–Trinajstić information content (AvgIpc) is 3.29. The van der Waals surface area contributed by atoms with Crippen molar-refractivity contribution in [2.24, 2.45) is 0 Å². The number of nitro benzene ring substituents is 1. The first-order valence-corrected chi connectivity index (χ1v) is 8.34. The number of hydrogen-bond acceptors (Lipinski definition) is 5. The zero-order chi connectivity index (χ0) is 15.7. The van der Waals surface area contributed by atoms with Gasteiger partial charge in [0.1, 0.15) is 6.10 Å². The minimum Gasteiger partial charge on any atom is -0.347 e. The van der Waals surface area contributed by atoms with Crippen molar-refractivity contribution < 1.29 is 18.1 Å². The molecule has 114 valence electrons. The summed E-state index contributed by atoms with van der Waals surface area (Å²) in [6.07, 6.45) is -0.631. The van der Waals surface area contributed by atoms with E-state index in [1.165, 1.54) is 18.2 Å². The highest BCUT2D eigenvalue weighted by molar-refractivity contribution is 7.91. The first-order chi connectivity index (χ1) is 10.5. The first kappa shape index (κ1) is 14.7. The van der Waals surface area contributed by atoms with E-state index in [9.17, 15) is 18.5 Å². The fourth-order valence-electron chi connectivity index (χ4n) is 2.31. The molecule has 0 spiro atoms. The van der Waals surface area contributed by atoms with Crippen LogP contribution in [0.1, 0.15) is 17.2 Å². The van der Waals surface area contributed by atoms with Gasteiger partial charge in [-0.05, 0) is 11.1 Å². The van der Waals surface area contributed by atoms with Crippen molar-refractivity contribution in [3.8, 4) is 0 Å². The summed E-state index contributed by atoms with van der Waals surface area (Å²) in [5.74, 6) is -0.107. The summed E-state index contributed by atoms with van der Waals surface area (Å²) in [5.41, 5.74) is 0.188. The number of epoxide rings is 1. The standard InChI is InChI=1S/C15H13NO5S/c17-16(18)13-8-4-7-12(9-13)14-15(21-14)22(19,20)10-11-5-2-1-3-6-11/h1-9,14-15H,10H2/t14-,15-/m0/s1. The van der Waals surface area contributed by atoms with Gasteiger partial charge in [0.15, 0.2) is 15.3 Å². The maximum absolute atomic E-state index is 12.3. The van der Waals surface area contributed by atoms with Crippen molar-refractivity contribution in [1.29, 1.82) is 0 Å². The SMILES string of the molecule is O=[N+]([O-])c1cccc([C@@H]2O[C@H]2S(=O)(=O)Cc2ccccc2)c1. The van der Waals surface area contributed by atoms with Gasteiger partial charge in [0.2, 0.25) is 0 Å². The Morgan fingerprint density at radius 2 is 1.82 bits per heavy atom. The molecule has 1 heterocycles. The number of rotatable bonds is 5. The van der Waals surface area contributed by atoms with Crippen LogP contribution in [0.3, 0.4) is 0 Å². The van der Waals surface area contributed by atoms with Gasteiger partial charge in [0.25, 0.3) is 5.69 Å². The van der Waals surface area contributed by atoms with E-state index in [1.807, 2.05) is 6.07 Å². The molecule has 0 radical (unpaired) electrons. The quantitative estimate of drug-likeness (QED) is 0.480. The Bertz CT molecular complexity index is 804. The Morgan fingerprint density at radius 3 is 2.50 bits per heavy atom. The summed E-state index contributed by atoms with van der Waals surface area (Å²) in [6, 6.07) is 14.7. The lowest BCUT2D eigenvalue weighted by Gasteiger charge is -2.01. The van der Waals surface area contributed by atoms with Crippen LogP contribution in [0.2, 0.25) is 0 Å². The van der Waals surface area contributed by atoms with Crippen LogP contribution in [0.15, 0.2) is 54.6 Å². The van der Waals surface area contributed by atoms with Gasteiger partial charge in [0, 0.05) is 12.1 Å². The lowest BCUT2D eigenvalue weighted by molar-refractivity contribution is -0.384. The van der Waals surface area contributed by atoms with Crippen LogP contribution in [0.25, 0.3) is 0 Å². The third kappa shape index (κ3) is 3.00. The average molecular weight is 319 g/mol. The van der Waals surface area contributed by atoms with Crippen LogP contribution in [-0.4, -0.2) is 18.8 Å². The van der Waals surface area contributed by atoms with E-state index in [2.05, 4.69) is 0 Å². The number of ether oxygens (including phenoxy) is 1. The predicted molar refractivity (Wildman–Crippen MR) is 79.8 cm³/mol. The van der Waals surface area contributed by atoms with Gasteiger partial charge in [-0.3, -0.25) is 10.1 Å². The number of sulfone groups is 1. The molecule has 6 nitrogen and oxygen atoms in total. The first-order valence-electron chi connectivity index (χ1n) is 6.63. The van der Waals surface area contributed by atoms with Crippen molar-refractivity contribution in [2.45, 2.75) is 17.3 Å². The lowest BCUT2D eigenvalue weighted by atomic mass is 10.1. The van der Waals surface area contributed by atoms with Crippen molar-refractivity contribution in [3.63, 3.8) is 0 Å². The number of benzene rings is 2. The zero-order valence-corrected chi connectivity index (χ0v) is 12.3. The lowest BCUT2D eigenvalue weighted by Crippen LogP contribution is -2.11. The minimum atomic E-state index is -3.46. The molecule has 22 heavy (non-hydrogen) atoms. The highest BCUT2D eigenvalue weighted by Crippen LogP contribution is 2.43. The van der Waals surface area contributed by atoms with Crippen molar-refractivity contribution >= 4 is 15.5 Å². The number of hydrogen-bond donors (Lipinski definition) is 0. The van der Waals surface area contributed by atoms with Crippen molar-refractivity contribution in [3.05, 3.63) is 75.8 Å². The molecule has 1 saturated heterocycles. The second kappa shape index (κ2) is 5.51. The molecule has 1 aliphatic heterocycles. The Morgan fingerprint density at radius 1 is 1.09 bits per heavy atom. The molecule has 3 rings (SSSR count). The molecule has 1 aliphatic rings. The third-order valence-electron chi connectivity index (χ3n) is 3.43. The molecule has 0 saturated carbocycles. The molecule has 0 N–H and O–H groups in total. The predicted octanol–water partition coefficient (Wildman–Crippen LogP) is 2.61. The van der Waals surface area contributed by atoms with E-state index in [1.54, 1.807) is 30.3 Å². The second-order valence-electron chi connectivity index (χ2n) is 5.07. The Balaban J connectivity index is 1.76. The molecule has 0 aromatic heterocycles. The van der Waals surface area contributed by atoms with Crippen LogP contribution in [0.5, 0.6) is 0 Å². The van der Waals surface area contributed by atoms with E-state index in [-0.39, 0.29) is 11.4 Å². The van der Waals surface area contributed by atoms with Crippen LogP contribution < -0.4 is 0 Å². The van der Waals surface area contributed by atoms with Crippen molar-refractivity contribution in [1.82, 2.24) is 0 Å². The molecule has 1 fully saturated rings. The topological polar surface area (TPSA) is 89.8 Å². The van der Waals surface area contributed by atoms with E-state index in [0.717, 1.165) is 0 Å². The Hall–Kier alpha value is -2.25. The fraction of sp³-hybridized carbons (Fsp3) is 0.200. The van der Waals surface area contributed by atoms with Crippen LogP contribution in [-0.2, 0) is 20.3 Å². The number of nitrogens with zero attached hydrogens (tertiary/aromatic N) is 1. The second-order valence-corrected chi connectivity index (χ2v) is 7.15. The monoisotopic (exact) mass is 319 g/mol. The highest BCUT2D eigenvalue weighted by Gasteiger charge is 2.50. The Kier molecular flexibility index (Phi) is 3.67. The molecule has 2 atom stereocenters. The summed E-state index contributed by atoms with van der Waals surface area (Å²) in [6.45, 7) is 0. The van der Waals surface area contributed by atoms with Crippen LogP contribution >= 0.6 is 0 Å². The molecule has 7 heteroatoms. The van der Waals surface area contributed by atoms with Gasteiger partial charge >= 0.3 is 0 Å². The maximum atomic E-state index is 12.3. The molecule has 0 aliphatic carbocycles. The Labute approximate surface area is 127 Å². The molecule has 0 amide bonds. The maximum Gasteiger partial charge on any atom is 0.269 e. The largest absolute Gasteiger partial charge is 0.347 e.